The molecule has 0 aliphatic rings. The van der Waals surface area contributed by atoms with Crippen LogP contribution in [0.4, 0.5) is 0 Å². The van der Waals surface area contributed by atoms with Crippen LogP contribution in [0.3, 0.4) is 0 Å². The largest absolute Gasteiger partial charge is 0.253 e. The van der Waals surface area contributed by atoms with Crippen molar-refractivity contribution in [2.45, 2.75) is 6.92 Å². The number of rotatable bonds is 2. The van der Waals surface area contributed by atoms with E-state index in [0.29, 0.717) is 27.4 Å². The summed E-state index contributed by atoms with van der Waals surface area (Å²) in [6.45, 7) is 5.75. The van der Waals surface area contributed by atoms with Crippen LogP contribution in [0.1, 0.15) is 33.4 Å². The molecule has 0 unspecified atom stereocenters. The third kappa shape index (κ3) is 2.61. The number of hydrogen-bond acceptors (Lipinski definition) is 6. The van der Waals surface area contributed by atoms with Crippen molar-refractivity contribution in [2.75, 3.05) is 0 Å². The third-order valence-corrected chi connectivity index (χ3v) is 5.31. The molecule has 0 saturated heterocycles. The molecule has 6 nitrogen and oxygen atoms in total. The van der Waals surface area contributed by atoms with Gasteiger partial charge in [0, 0.05) is 23.2 Å². The van der Waals surface area contributed by atoms with Crippen LogP contribution in [0.5, 0.6) is 0 Å². The Morgan fingerprint density at radius 2 is 1.32 bits per heavy atom. The van der Waals surface area contributed by atoms with Crippen molar-refractivity contribution in [1.29, 1.82) is 21.0 Å². The van der Waals surface area contributed by atoms with Gasteiger partial charge in [0.1, 0.15) is 24.3 Å². The maximum atomic E-state index is 10.0. The maximum Gasteiger partial charge on any atom is 0.102 e. The Balaban J connectivity index is 2.50. The fourth-order valence-corrected chi connectivity index (χ4v) is 4.02. The van der Waals surface area contributed by atoms with Gasteiger partial charge in [-0.3, -0.25) is 9.97 Å². The van der Waals surface area contributed by atoms with Gasteiger partial charge < -0.3 is 0 Å². The molecule has 0 N–H and O–H groups in total. The lowest BCUT2D eigenvalue weighted by molar-refractivity contribution is 1.28. The summed E-state index contributed by atoms with van der Waals surface area (Å²) in [6, 6.07) is 15.6. The molecule has 1 heterocycles. The molecule has 4 rings (SSSR count). The Bertz CT molecular complexity index is 1600. The zero-order valence-electron chi connectivity index (χ0n) is 16.4. The topological polar surface area (TPSA) is 121 Å². The fourth-order valence-electron chi connectivity index (χ4n) is 4.02. The Hall–Kier alpha value is -5.04. The van der Waals surface area contributed by atoms with Crippen LogP contribution in [-0.4, -0.2) is 9.97 Å². The van der Waals surface area contributed by atoms with Gasteiger partial charge in [0.2, 0.25) is 0 Å². The third-order valence-electron chi connectivity index (χ3n) is 5.31. The fraction of sp³-hybridized carbons (Fsp3) is 0.0400. The van der Waals surface area contributed by atoms with Gasteiger partial charge in [0.05, 0.1) is 33.3 Å². The molecule has 0 atom stereocenters. The van der Waals surface area contributed by atoms with Gasteiger partial charge in [-0.25, -0.2) is 0 Å². The van der Waals surface area contributed by atoms with Crippen LogP contribution in [0, 0.1) is 52.2 Å². The summed E-state index contributed by atoms with van der Waals surface area (Å²) < 4.78 is 0. The second kappa shape index (κ2) is 7.41. The van der Waals surface area contributed by atoms with Gasteiger partial charge in [-0.2, -0.15) is 21.0 Å². The first kappa shape index (κ1) is 19.3. The number of aryl methyl sites for hydroxylation is 1. The van der Waals surface area contributed by atoms with E-state index in [-0.39, 0.29) is 22.3 Å². The highest BCUT2D eigenvalue weighted by atomic mass is 14.8. The van der Waals surface area contributed by atoms with Crippen LogP contribution < -0.4 is 0 Å². The summed E-state index contributed by atoms with van der Waals surface area (Å²) in [5.74, 6) is 0. The minimum absolute atomic E-state index is 0.0101. The first-order valence-electron chi connectivity index (χ1n) is 9.22. The minimum Gasteiger partial charge on any atom is -0.253 e. The van der Waals surface area contributed by atoms with Crippen molar-refractivity contribution < 1.29 is 0 Å². The van der Waals surface area contributed by atoms with Gasteiger partial charge in [-0.1, -0.05) is 36.9 Å². The molecule has 0 spiro atoms. The average molecular weight is 396 g/mol. The molecule has 31 heavy (non-hydrogen) atoms. The first-order valence-corrected chi connectivity index (χ1v) is 9.22. The zero-order chi connectivity index (χ0) is 22.1. The van der Waals surface area contributed by atoms with Crippen molar-refractivity contribution in [3.8, 4) is 35.4 Å². The standard InChI is InChI=1S/C25H12N6/c1-3-15-6-4-5-7-16(15)21-14(2)24-25(31-9-8-30-24)23-20(13-29)18(11-27)17(10-26)19(12-28)22(21)23/h3-9H,1H2,2H3. The smallest absolute Gasteiger partial charge is 0.102 e. The van der Waals surface area contributed by atoms with E-state index < -0.39 is 0 Å². The average Bonchev–Trinajstić information content (AvgIpc) is 2.82. The first-order chi connectivity index (χ1) is 15.1. The summed E-state index contributed by atoms with van der Waals surface area (Å²) in [5, 5.41) is 40.3. The molecule has 0 aliphatic carbocycles. The van der Waals surface area contributed by atoms with Crippen LogP contribution >= 0.6 is 0 Å². The molecule has 0 saturated carbocycles. The molecule has 0 amide bonds. The SMILES string of the molecule is C=Cc1ccccc1-c1c(C)c2nccnc2c2c(C#N)c(C#N)c(C#N)c(C#N)c12. The maximum absolute atomic E-state index is 10.0. The van der Waals surface area contributed by atoms with E-state index in [9.17, 15) is 21.0 Å². The number of nitriles is 4. The normalized spacial score (nSPS) is 10.1. The lowest BCUT2D eigenvalue weighted by Gasteiger charge is -2.18. The van der Waals surface area contributed by atoms with Gasteiger partial charge in [-0.15, -0.1) is 0 Å². The zero-order valence-corrected chi connectivity index (χ0v) is 16.4. The van der Waals surface area contributed by atoms with Crippen molar-refractivity contribution >= 4 is 27.9 Å². The van der Waals surface area contributed by atoms with E-state index in [1.165, 1.54) is 6.20 Å². The van der Waals surface area contributed by atoms with Crippen LogP contribution in [0.15, 0.2) is 43.2 Å². The summed E-state index contributed by atoms with van der Waals surface area (Å²) >= 11 is 0. The number of aromatic nitrogens is 2. The van der Waals surface area contributed by atoms with Gasteiger partial charge in [0.25, 0.3) is 0 Å². The van der Waals surface area contributed by atoms with Gasteiger partial charge >= 0.3 is 0 Å². The summed E-state index contributed by atoms with van der Waals surface area (Å²) in [6.07, 6.45) is 4.75. The lowest BCUT2D eigenvalue weighted by atomic mass is 9.83. The van der Waals surface area contributed by atoms with Crippen LogP contribution in [0.2, 0.25) is 0 Å². The number of benzene rings is 3. The van der Waals surface area contributed by atoms with Crippen molar-refractivity contribution in [1.82, 2.24) is 9.97 Å². The van der Waals surface area contributed by atoms with Crippen molar-refractivity contribution in [3.63, 3.8) is 0 Å². The molecular weight excluding hydrogens is 384 g/mol. The highest BCUT2D eigenvalue weighted by Crippen LogP contribution is 2.43. The quantitative estimate of drug-likeness (QED) is 0.445. The Labute approximate surface area is 178 Å². The molecule has 4 aromatic rings. The summed E-state index contributed by atoms with van der Waals surface area (Å²) in [5.41, 5.74) is 3.77. The highest BCUT2D eigenvalue weighted by molar-refractivity contribution is 6.18. The number of hydrogen-bond donors (Lipinski definition) is 0. The summed E-state index contributed by atoms with van der Waals surface area (Å²) in [4.78, 5) is 8.90. The van der Waals surface area contributed by atoms with E-state index in [0.717, 1.165) is 16.7 Å². The van der Waals surface area contributed by atoms with E-state index in [2.05, 4.69) is 28.7 Å². The second-order valence-corrected chi connectivity index (χ2v) is 6.74. The molecule has 0 radical (unpaired) electrons. The second-order valence-electron chi connectivity index (χ2n) is 6.74. The van der Waals surface area contributed by atoms with E-state index in [1.54, 1.807) is 12.3 Å². The van der Waals surface area contributed by atoms with Crippen molar-refractivity contribution in [3.05, 3.63) is 76.6 Å². The summed E-state index contributed by atoms with van der Waals surface area (Å²) in [7, 11) is 0. The number of nitrogens with zero attached hydrogens (tertiary/aromatic N) is 6. The molecular formula is C25H12N6. The van der Waals surface area contributed by atoms with Gasteiger partial charge in [0.15, 0.2) is 0 Å². The Morgan fingerprint density at radius 1 is 0.774 bits per heavy atom. The van der Waals surface area contributed by atoms with Gasteiger partial charge in [-0.05, 0) is 29.2 Å². The number of fused-ring (bicyclic) bond motifs is 3. The minimum atomic E-state index is -0.132. The molecule has 6 heteroatoms. The molecule has 142 valence electrons. The van der Waals surface area contributed by atoms with E-state index in [1.807, 2.05) is 43.3 Å². The Kier molecular flexibility index (Phi) is 4.61. The van der Waals surface area contributed by atoms with Crippen molar-refractivity contribution in [2.24, 2.45) is 0 Å². The lowest BCUT2D eigenvalue weighted by Crippen LogP contribution is -2.03. The van der Waals surface area contributed by atoms with E-state index >= 15 is 0 Å². The van der Waals surface area contributed by atoms with Crippen LogP contribution in [0.25, 0.3) is 39.0 Å². The molecule has 0 fully saturated rings. The van der Waals surface area contributed by atoms with Crippen LogP contribution in [-0.2, 0) is 0 Å². The predicted molar refractivity (Wildman–Crippen MR) is 116 cm³/mol. The van der Waals surface area contributed by atoms with E-state index in [4.69, 9.17) is 0 Å². The monoisotopic (exact) mass is 396 g/mol. The predicted octanol–water partition coefficient (Wildman–Crippen LogP) is 4.89. The molecule has 1 aromatic heterocycles. The molecule has 0 aliphatic heterocycles. The molecule has 0 bridgehead atoms. The molecule has 3 aromatic carbocycles. The Morgan fingerprint density at radius 3 is 1.90 bits per heavy atom. The highest BCUT2D eigenvalue weighted by Gasteiger charge is 2.27.